The quantitative estimate of drug-likeness (QED) is 0.183. The van der Waals surface area contributed by atoms with Gasteiger partial charge in [-0.25, -0.2) is 0 Å². The number of rotatable bonds is 4. The van der Waals surface area contributed by atoms with Crippen LogP contribution in [0.2, 0.25) is 5.04 Å². The minimum Gasteiger partial charge on any atom is -0.151 e. The highest BCUT2D eigenvalue weighted by Crippen LogP contribution is 2.35. The molecule has 3 heteroatoms. The molecule has 0 heterocycles. The van der Waals surface area contributed by atoms with Crippen molar-refractivity contribution in [3.8, 4) is 11.5 Å². The Labute approximate surface area is 198 Å². The van der Waals surface area contributed by atoms with Crippen molar-refractivity contribution in [2.24, 2.45) is 10.2 Å². The molecule has 0 amide bonds. The molecule has 4 aromatic carbocycles. The summed E-state index contributed by atoms with van der Waals surface area (Å²) in [6.45, 7) is 6.94. The van der Waals surface area contributed by atoms with Gasteiger partial charge in [-0.15, -0.1) is 10.7 Å². The molecule has 4 aromatic rings. The number of nitrogens with zero attached hydrogens (tertiary/aromatic N) is 2. The molecule has 0 aliphatic rings. The molecule has 0 aliphatic heterocycles. The van der Waals surface area contributed by atoms with Gasteiger partial charge in [0.1, 0.15) is 5.69 Å². The van der Waals surface area contributed by atoms with E-state index >= 15 is 0 Å². The fourth-order valence-electron chi connectivity index (χ4n) is 4.17. The van der Waals surface area contributed by atoms with E-state index in [1.807, 2.05) is 54.6 Å². The zero-order valence-corrected chi connectivity index (χ0v) is 20.4. The average molecular weight is 445 g/mol. The maximum absolute atomic E-state index is 4.52. The van der Waals surface area contributed by atoms with Crippen LogP contribution in [0.15, 0.2) is 125 Å². The van der Waals surface area contributed by atoms with Crippen molar-refractivity contribution < 1.29 is 0 Å². The standard InChI is InChI=1S/C30H28N2Si/c1-30(2,3)33(27-18-9-5-10-19-27,28-20-11-6-12-21-28)24-23-25-15-13-14-22-29(25)32-31-26-16-7-4-8-17-26/h4-22H,1-3H3. The lowest BCUT2D eigenvalue weighted by atomic mass is 10.2. The van der Waals surface area contributed by atoms with Gasteiger partial charge in [-0.2, -0.15) is 5.11 Å². The van der Waals surface area contributed by atoms with Crippen molar-refractivity contribution in [3.63, 3.8) is 0 Å². The van der Waals surface area contributed by atoms with Crippen molar-refractivity contribution in [1.82, 2.24) is 0 Å². The molecule has 0 fully saturated rings. The van der Waals surface area contributed by atoms with Crippen molar-refractivity contribution in [2.75, 3.05) is 0 Å². The topological polar surface area (TPSA) is 24.7 Å². The van der Waals surface area contributed by atoms with Crippen LogP contribution in [0.25, 0.3) is 0 Å². The molecule has 0 aliphatic carbocycles. The van der Waals surface area contributed by atoms with Gasteiger partial charge in [0, 0.05) is 0 Å². The van der Waals surface area contributed by atoms with Crippen LogP contribution < -0.4 is 10.4 Å². The van der Waals surface area contributed by atoms with Crippen LogP contribution in [-0.4, -0.2) is 8.07 Å². The van der Waals surface area contributed by atoms with E-state index in [2.05, 4.69) is 103 Å². The first-order chi connectivity index (χ1) is 16.0. The Balaban J connectivity index is 1.87. The summed E-state index contributed by atoms with van der Waals surface area (Å²) < 4.78 is 0. The summed E-state index contributed by atoms with van der Waals surface area (Å²) >= 11 is 0. The predicted molar refractivity (Wildman–Crippen MR) is 142 cm³/mol. The lowest BCUT2D eigenvalue weighted by Gasteiger charge is -2.39. The van der Waals surface area contributed by atoms with Crippen LogP contribution in [-0.2, 0) is 0 Å². The van der Waals surface area contributed by atoms with Gasteiger partial charge in [-0.1, -0.05) is 118 Å². The second-order valence-electron chi connectivity index (χ2n) is 9.03. The molecule has 2 nitrogen and oxygen atoms in total. The molecule has 0 N–H and O–H groups in total. The molecular formula is C30H28N2Si. The smallest absolute Gasteiger partial charge is 0.151 e. The molecule has 0 atom stereocenters. The number of hydrogen-bond acceptors (Lipinski definition) is 2. The highest BCUT2D eigenvalue weighted by molar-refractivity contribution is 7.10. The highest BCUT2D eigenvalue weighted by Gasteiger charge is 2.47. The summed E-state index contributed by atoms with van der Waals surface area (Å²) in [4.78, 5) is 0. The lowest BCUT2D eigenvalue weighted by molar-refractivity contribution is 0.740. The van der Waals surface area contributed by atoms with Crippen LogP contribution >= 0.6 is 0 Å². The summed E-state index contributed by atoms with van der Waals surface area (Å²) in [5.41, 5.74) is 6.35. The van der Waals surface area contributed by atoms with Gasteiger partial charge < -0.3 is 0 Å². The second kappa shape index (κ2) is 9.81. The van der Waals surface area contributed by atoms with Crippen LogP contribution in [0.1, 0.15) is 26.3 Å². The molecule has 4 rings (SSSR count). The van der Waals surface area contributed by atoms with Crippen molar-refractivity contribution >= 4 is 29.8 Å². The van der Waals surface area contributed by atoms with Gasteiger partial charge in [0.05, 0.1) is 11.3 Å². The Hall–Kier alpha value is -3.74. The summed E-state index contributed by atoms with van der Waals surface area (Å²) in [6, 6.07) is 39.4. The molecule has 0 bridgehead atoms. The van der Waals surface area contributed by atoms with Crippen molar-refractivity contribution in [2.45, 2.75) is 25.8 Å². The maximum atomic E-state index is 4.52. The highest BCUT2D eigenvalue weighted by atomic mass is 28.3. The molecule has 33 heavy (non-hydrogen) atoms. The predicted octanol–water partition coefficient (Wildman–Crippen LogP) is 7.06. The summed E-state index contributed by atoms with van der Waals surface area (Å²) in [6.07, 6.45) is 0. The number of benzene rings is 4. The van der Waals surface area contributed by atoms with Gasteiger partial charge in [0.25, 0.3) is 0 Å². The molecule has 0 saturated carbocycles. The first-order valence-corrected chi connectivity index (χ1v) is 13.2. The third-order valence-corrected chi connectivity index (χ3v) is 11.0. The normalized spacial score (nSPS) is 11.7. The molecular weight excluding hydrogens is 416 g/mol. The molecule has 0 spiro atoms. The molecule has 0 radical (unpaired) electrons. The second-order valence-corrected chi connectivity index (χ2v) is 13.4. The SMILES string of the molecule is CC(C)(C)[Si](C#Cc1ccccc1N=Nc1ccccc1)(c1ccccc1)c1ccccc1. The van der Waals surface area contributed by atoms with E-state index in [1.165, 1.54) is 10.4 Å². The average Bonchev–Trinajstić information content (AvgIpc) is 2.85. The summed E-state index contributed by atoms with van der Waals surface area (Å²) in [5.74, 6) is 3.55. The number of hydrogen-bond donors (Lipinski definition) is 0. The molecule has 0 unspecified atom stereocenters. The maximum Gasteiger partial charge on any atom is 0.204 e. The lowest BCUT2D eigenvalue weighted by Crippen LogP contribution is -2.63. The van der Waals surface area contributed by atoms with Gasteiger partial charge in [-0.3, -0.25) is 0 Å². The minimum atomic E-state index is -2.48. The summed E-state index contributed by atoms with van der Waals surface area (Å²) in [7, 11) is -2.48. The Morgan fingerprint density at radius 2 is 1.06 bits per heavy atom. The summed E-state index contributed by atoms with van der Waals surface area (Å²) in [5, 5.41) is 11.6. The van der Waals surface area contributed by atoms with Gasteiger partial charge in [-0.05, 0) is 39.7 Å². The van der Waals surface area contributed by atoms with E-state index < -0.39 is 8.07 Å². The first-order valence-electron chi connectivity index (χ1n) is 11.2. The van der Waals surface area contributed by atoms with E-state index in [0.717, 1.165) is 16.9 Å². The van der Waals surface area contributed by atoms with Crippen LogP contribution in [0.3, 0.4) is 0 Å². The van der Waals surface area contributed by atoms with E-state index in [-0.39, 0.29) is 5.04 Å². The Bertz CT molecular complexity index is 1240. The minimum absolute atomic E-state index is 0.0246. The zero-order chi connectivity index (χ0) is 23.2. The molecule has 0 saturated heterocycles. The zero-order valence-electron chi connectivity index (χ0n) is 19.4. The molecule has 162 valence electrons. The van der Waals surface area contributed by atoms with E-state index in [1.54, 1.807) is 0 Å². The third kappa shape index (κ3) is 4.87. The van der Waals surface area contributed by atoms with Crippen molar-refractivity contribution in [3.05, 3.63) is 121 Å². The van der Waals surface area contributed by atoms with Gasteiger partial charge in [0.15, 0.2) is 0 Å². The third-order valence-electron chi connectivity index (χ3n) is 5.86. The number of azo groups is 1. The molecule has 0 aromatic heterocycles. The largest absolute Gasteiger partial charge is 0.204 e. The van der Waals surface area contributed by atoms with E-state index in [9.17, 15) is 0 Å². The Kier molecular flexibility index (Phi) is 6.67. The van der Waals surface area contributed by atoms with Gasteiger partial charge in [0.2, 0.25) is 8.07 Å². The van der Waals surface area contributed by atoms with Crippen molar-refractivity contribution in [1.29, 1.82) is 0 Å². The fourth-order valence-corrected chi connectivity index (χ4v) is 8.61. The van der Waals surface area contributed by atoms with Crippen LogP contribution in [0.4, 0.5) is 11.4 Å². The fraction of sp³-hybridized carbons (Fsp3) is 0.133. The first kappa shape index (κ1) is 22.5. The Morgan fingerprint density at radius 3 is 1.61 bits per heavy atom. The Morgan fingerprint density at radius 1 is 0.576 bits per heavy atom. The van der Waals surface area contributed by atoms with Crippen LogP contribution in [0, 0.1) is 11.5 Å². The van der Waals surface area contributed by atoms with E-state index in [0.29, 0.717) is 0 Å². The van der Waals surface area contributed by atoms with Crippen LogP contribution in [0.5, 0.6) is 0 Å². The van der Waals surface area contributed by atoms with Gasteiger partial charge >= 0.3 is 0 Å². The van der Waals surface area contributed by atoms with E-state index in [4.69, 9.17) is 0 Å². The monoisotopic (exact) mass is 444 g/mol.